The number of likely N-dealkylation sites (N-methyl/N-ethyl adjacent to an activating group) is 1. The number of carbonyl (C=O) groups excluding carboxylic acids is 2. The maximum Gasteiger partial charge on any atom is 0.337 e. The summed E-state index contributed by atoms with van der Waals surface area (Å²) in [5.41, 5.74) is 2.07. The van der Waals surface area contributed by atoms with Gasteiger partial charge in [-0.3, -0.25) is 4.79 Å². The summed E-state index contributed by atoms with van der Waals surface area (Å²) in [5.74, 6) is -0.419. The fraction of sp³-hybridized carbons (Fsp3) is 0.364. The molecule has 3 rings (SSSR count). The number of halogens is 1. The SMILES string of the molecule is CCN1CCN(c2ccc(C(=O)OC)cc2NC(=O)c2cc(Cl)ccc2OC)CC1. The van der Waals surface area contributed by atoms with Crippen LogP contribution in [-0.2, 0) is 4.74 Å². The lowest BCUT2D eigenvalue weighted by molar-refractivity contribution is 0.0600. The molecule has 8 heteroatoms. The molecule has 1 amide bonds. The van der Waals surface area contributed by atoms with Crippen molar-refractivity contribution in [2.45, 2.75) is 6.92 Å². The molecule has 0 spiro atoms. The Balaban J connectivity index is 1.94. The summed E-state index contributed by atoms with van der Waals surface area (Å²) in [4.78, 5) is 29.7. The highest BCUT2D eigenvalue weighted by molar-refractivity contribution is 6.31. The van der Waals surface area contributed by atoms with Crippen molar-refractivity contribution in [3.05, 3.63) is 52.5 Å². The van der Waals surface area contributed by atoms with Gasteiger partial charge in [-0.2, -0.15) is 0 Å². The van der Waals surface area contributed by atoms with Gasteiger partial charge in [-0.05, 0) is 42.9 Å². The van der Waals surface area contributed by atoms with E-state index < -0.39 is 5.97 Å². The second-order valence-corrected chi connectivity index (χ2v) is 7.38. The number of methoxy groups -OCH3 is 2. The molecule has 0 aromatic heterocycles. The van der Waals surface area contributed by atoms with Crippen molar-refractivity contribution in [2.75, 3.05) is 57.2 Å². The van der Waals surface area contributed by atoms with Gasteiger partial charge >= 0.3 is 5.97 Å². The number of carbonyl (C=O) groups is 2. The Morgan fingerprint density at radius 3 is 2.43 bits per heavy atom. The lowest BCUT2D eigenvalue weighted by atomic mass is 10.1. The molecule has 1 fully saturated rings. The molecule has 1 aliphatic heterocycles. The van der Waals surface area contributed by atoms with Gasteiger partial charge in [0.1, 0.15) is 5.75 Å². The number of nitrogens with zero attached hydrogens (tertiary/aromatic N) is 2. The van der Waals surface area contributed by atoms with Crippen molar-refractivity contribution < 1.29 is 19.1 Å². The summed E-state index contributed by atoms with van der Waals surface area (Å²) in [6.07, 6.45) is 0. The van der Waals surface area contributed by atoms with E-state index in [1.54, 1.807) is 30.3 Å². The lowest BCUT2D eigenvalue weighted by Crippen LogP contribution is -2.46. The van der Waals surface area contributed by atoms with Gasteiger partial charge < -0.3 is 24.6 Å². The van der Waals surface area contributed by atoms with Crippen LogP contribution in [0.2, 0.25) is 5.02 Å². The lowest BCUT2D eigenvalue weighted by Gasteiger charge is -2.36. The monoisotopic (exact) mass is 431 g/mol. The summed E-state index contributed by atoms with van der Waals surface area (Å²) in [7, 11) is 2.83. The third kappa shape index (κ3) is 4.86. The number of ether oxygens (including phenoxy) is 2. The van der Waals surface area contributed by atoms with Crippen molar-refractivity contribution in [1.29, 1.82) is 0 Å². The van der Waals surface area contributed by atoms with Gasteiger partial charge in [-0.25, -0.2) is 4.79 Å². The Hall–Kier alpha value is -2.77. The van der Waals surface area contributed by atoms with Crippen LogP contribution in [0.5, 0.6) is 5.75 Å². The van der Waals surface area contributed by atoms with E-state index in [0.29, 0.717) is 27.6 Å². The summed E-state index contributed by atoms with van der Waals surface area (Å²) in [6, 6.07) is 10.1. The number of amides is 1. The minimum atomic E-state index is -0.465. The molecule has 2 aromatic carbocycles. The van der Waals surface area contributed by atoms with Crippen molar-refractivity contribution in [3.63, 3.8) is 0 Å². The molecule has 1 heterocycles. The molecule has 2 aromatic rings. The number of nitrogens with one attached hydrogen (secondary N) is 1. The van der Waals surface area contributed by atoms with E-state index in [2.05, 4.69) is 22.0 Å². The zero-order valence-corrected chi connectivity index (χ0v) is 18.2. The fourth-order valence-corrected chi connectivity index (χ4v) is 3.68. The van der Waals surface area contributed by atoms with Gasteiger partial charge in [0.05, 0.1) is 36.7 Å². The first-order chi connectivity index (χ1) is 14.5. The van der Waals surface area contributed by atoms with Crippen LogP contribution in [0.25, 0.3) is 0 Å². The zero-order valence-electron chi connectivity index (χ0n) is 17.4. The number of esters is 1. The maximum atomic E-state index is 13.0. The maximum absolute atomic E-state index is 13.0. The first-order valence-electron chi connectivity index (χ1n) is 9.81. The number of piperazine rings is 1. The van der Waals surface area contributed by atoms with Crippen molar-refractivity contribution in [1.82, 2.24) is 4.90 Å². The van der Waals surface area contributed by atoms with Crippen LogP contribution in [0.1, 0.15) is 27.6 Å². The Kier molecular flexibility index (Phi) is 7.18. The van der Waals surface area contributed by atoms with Gasteiger partial charge in [-0.15, -0.1) is 0 Å². The standard InChI is InChI=1S/C22H26ClN3O4/c1-4-25-9-11-26(12-10-25)19-7-5-15(22(28)30-3)13-18(19)24-21(27)17-14-16(23)6-8-20(17)29-2/h5-8,13-14H,4,9-12H2,1-3H3,(H,24,27). The number of hydrogen-bond acceptors (Lipinski definition) is 6. The molecule has 7 nitrogen and oxygen atoms in total. The smallest absolute Gasteiger partial charge is 0.337 e. The Morgan fingerprint density at radius 1 is 1.07 bits per heavy atom. The minimum absolute atomic E-state index is 0.315. The molecule has 0 radical (unpaired) electrons. The van der Waals surface area contributed by atoms with E-state index in [1.165, 1.54) is 14.2 Å². The van der Waals surface area contributed by atoms with E-state index in [1.807, 2.05) is 6.07 Å². The highest BCUT2D eigenvalue weighted by Gasteiger charge is 2.22. The Bertz CT molecular complexity index is 927. The van der Waals surface area contributed by atoms with Crippen LogP contribution in [0.4, 0.5) is 11.4 Å². The van der Waals surface area contributed by atoms with Crippen LogP contribution in [0.15, 0.2) is 36.4 Å². The second kappa shape index (κ2) is 9.82. The molecule has 1 saturated heterocycles. The van der Waals surface area contributed by atoms with Crippen LogP contribution < -0.4 is 15.0 Å². The highest BCUT2D eigenvalue weighted by Crippen LogP contribution is 2.31. The molecule has 1 aliphatic rings. The van der Waals surface area contributed by atoms with Crippen LogP contribution >= 0.6 is 11.6 Å². The Labute approximate surface area is 181 Å². The Morgan fingerprint density at radius 2 is 1.80 bits per heavy atom. The summed E-state index contributed by atoms with van der Waals surface area (Å²) < 4.78 is 10.1. The summed E-state index contributed by atoms with van der Waals surface area (Å²) >= 11 is 6.08. The van der Waals surface area contributed by atoms with Crippen LogP contribution in [0, 0.1) is 0 Å². The van der Waals surface area contributed by atoms with Crippen molar-refractivity contribution in [2.24, 2.45) is 0 Å². The van der Waals surface area contributed by atoms with E-state index in [4.69, 9.17) is 21.1 Å². The van der Waals surface area contributed by atoms with E-state index in [9.17, 15) is 9.59 Å². The minimum Gasteiger partial charge on any atom is -0.496 e. The second-order valence-electron chi connectivity index (χ2n) is 6.94. The number of rotatable bonds is 6. The van der Waals surface area contributed by atoms with Crippen molar-refractivity contribution >= 4 is 34.9 Å². The van der Waals surface area contributed by atoms with Gasteiger partial charge in [0, 0.05) is 31.2 Å². The van der Waals surface area contributed by atoms with Gasteiger partial charge in [-0.1, -0.05) is 18.5 Å². The molecular formula is C22H26ClN3O4. The predicted molar refractivity (Wildman–Crippen MR) is 118 cm³/mol. The highest BCUT2D eigenvalue weighted by atomic mass is 35.5. The fourth-order valence-electron chi connectivity index (χ4n) is 3.51. The molecule has 30 heavy (non-hydrogen) atoms. The first-order valence-corrected chi connectivity index (χ1v) is 10.2. The normalized spacial score (nSPS) is 14.3. The molecule has 0 atom stereocenters. The quantitative estimate of drug-likeness (QED) is 0.705. The number of anilines is 2. The van der Waals surface area contributed by atoms with E-state index in [-0.39, 0.29) is 5.91 Å². The third-order valence-corrected chi connectivity index (χ3v) is 5.47. The molecule has 0 aliphatic carbocycles. The van der Waals surface area contributed by atoms with Gasteiger partial charge in [0.2, 0.25) is 0 Å². The summed E-state index contributed by atoms with van der Waals surface area (Å²) in [6.45, 7) is 6.68. The van der Waals surface area contributed by atoms with Gasteiger partial charge in [0.25, 0.3) is 5.91 Å². The zero-order chi connectivity index (χ0) is 21.7. The van der Waals surface area contributed by atoms with Crippen LogP contribution in [-0.4, -0.2) is 63.7 Å². The number of hydrogen-bond donors (Lipinski definition) is 1. The third-order valence-electron chi connectivity index (χ3n) is 5.23. The topological polar surface area (TPSA) is 71.1 Å². The number of benzene rings is 2. The molecule has 0 unspecified atom stereocenters. The molecule has 0 bridgehead atoms. The molecule has 1 N–H and O–H groups in total. The predicted octanol–water partition coefficient (Wildman–Crippen LogP) is 3.53. The van der Waals surface area contributed by atoms with E-state index >= 15 is 0 Å². The van der Waals surface area contributed by atoms with E-state index in [0.717, 1.165) is 38.4 Å². The molecular weight excluding hydrogens is 406 g/mol. The molecule has 0 saturated carbocycles. The summed E-state index contributed by atoms with van der Waals surface area (Å²) in [5, 5.41) is 3.36. The van der Waals surface area contributed by atoms with Crippen LogP contribution in [0.3, 0.4) is 0 Å². The largest absolute Gasteiger partial charge is 0.496 e. The average Bonchev–Trinajstić information content (AvgIpc) is 2.78. The van der Waals surface area contributed by atoms with Crippen molar-refractivity contribution in [3.8, 4) is 5.75 Å². The molecule has 160 valence electrons. The average molecular weight is 432 g/mol. The van der Waals surface area contributed by atoms with Gasteiger partial charge in [0.15, 0.2) is 0 Å². The first kappa shape index (κ1) is 21.9.